The van der Waals surface area contributed by atoms with Crippen LogP contribution in [0.4, 0.5) is 4.39 Å². The van der Waals surface area contributed by atoms with Gasteiger partial charge in [-0.3, -0.25) is 4.79 Å². The number of carbonyl (C=O) groups excluding carboxylic acids is 1. The molecule has 2 atom stereocenters. The molecule has 1 saturated carbocycles. The molecule has 0 saturated heterocycles. The fraction of sp³-hybridized carbons (Fsp3) is 0.500. The maximum Gasteiger partial charge on any atom is 0.167 e. The Labute approximate surface area is 110 Å². The number of ketones is 1. The van der Waals surface area contributed by atoms with Gasteiger partial charge in [-0.15, -0.1) is 0 Å². The number of halogens is 2. The van der Waals surface area contributed by atoms with Crippen LogP contribution in [0, 0.1) is 17.7 Å². The molecule has 17 heavy (non-hydrogen) atoms. The molecule has 1 aliphatic carbocycles. The van der Waals surface area contributed by atoms with Gasteiger partial charge in [0.25, 0.3) is 0 Å². The number of Topliss-reactive ketones (excluding diaryl/α,β-unsaturated/α-hetero) is 1. The Morgan fingerprint density at radius 3 is 2.88 bits per heavy atom. The van der Waals surface area contributed by atoms with Gasteiger partial charge in [0.2, 0.25) is 0 Å². The molecule has 0 heterocycles. The molecule has 92 valence electrons. The Morgan fingerprint density at radius 1 is 1.41 bits per heavy atom. The van der Waals surface area contributed by atoms with E-state index in [9.17, 15) is 9.18 Å². The standard InChI is InChI=1S/C14H16BrFO/c1-9-4-2-5-10(8-9)14(17)11-6-3-7-12(16)13(11)15/h3,6-7,9-10H,2,4-5,8H2,1H3. The molecule has 0 bridgehead atoms. The largest absolute Gasteiger partial charge is 0.294 e. The van der Waals surface area contributed by atoms with Gasteiger partial charge in [0.05, 0.1) is 4.47 Å². The van der Waals surface area contributed by atoms with Crippen LogP contribution in [0.15, 0.2) is 22.7 Å². The molecule has 1 nitrogen and oxygen atoms in total. The summed E-state index contributed by atoms with van der Waals surface area (Å²) >= 11 is 3.17. The maximum absolute atomic E-state index is 13.4. The van der Waals surface area contributed by atoms with Gasteiger partial charge in [-0.1, -0.05) is 31.9 Å². The van der Waals surface area contributed by atoms with Crippen LogP contribution in [-0.2, 0) is 0 Å². The Kier molecular flexibility index (Phi) is 3.97. The van der Waals surface area contributed by atoms with Crippen LogP contribution in [0.5, 0.6) is 0 Å². The quantitative estimate of drug-likeness (QED) is 0.730. The van der Waals surface area contributed by atoms with Crippen molar-refractivity contribution in [2.45, 2.75) is 32.6 Å². The lowest BCUT2D eigenvalue weighted by atomic mass is 9.79. The molecule has 0 spiro atoms. The summed E-state index contributed by atoms with van der Waals surface area (Å²) in [5.41, 5.74) is 0.490. The van der Waals surface area contributed by atoms with Crippen molar-refractivity contribution in [3.05, 3.63) is 34.1 Å². The third-order valence-electron chi connectivity index (χ3n) is 3.52. The summed E-state index contributed by atoms with van der Waals surface area (Å²) in [6.45, 7) is 2.18. The molecule has 3 heteroatoms. The Balaban J connectivity index is 2.22. The average Bonchev–Trinajstić information content (AvgIpc) is 2.32. The van der Waals surface area contributed by atoms with E-state index in [1.54, 1.807) is 12.1 Å². The van der Waals surface area contributed by atoms with E-state index in [1.807, 2.05) is 0 Å². The first-order chi connectivity index (χ1) is 8.09. The number of hydrogen-bond donors (Lipinski definition) is 0. The van der Waals surface area contributed by atoms with Crippen LogP contribution in [-0.4, -0.2) is 5.78 Å². The zero-order chi connectivity index (χ0) is 12.4. The first-order valence-corrected chi connectivity index (χ1v) is 6.87. The second kappa shape index (κ2) is 5.30. The number of rotatable bonds is 2. The van der Waals surface area contributed by atoms with Crippen LogP contribution in [0.3, 0.4) is 0 Å². The highest BCUT2D eigenvalue weighted by molar-refractivity contribution is 9.10. The molecule has 1 aliphatic rings. The van der Waals surface area contributed by atoms with E-state index >= 15 is 0 Å². The SMILES string of the molecule is CC1CCCC(C(=O)c2cccc(F)c2Br)C1. The van der Waals surface area contributed by atoms with Crippen LogP contribution in [0.2, 0.25) is 0 Å². The maximum atomic E-state index is 13.4. The predicted octanol–water partition coefficient (Wildman–Crippen LogP) is 4.60. The first-order valence-electron chi connectivity index (χ1n) is 6.08. The van der Waals surface area contributed by atoms with Crippen molar-refractivity contribution in [2.75, 3.05) is 0 Å². The zero-order valence-corrected chi connectivity index (χ0v) is 11.5. The van der Waals surface area contributed by atoms with E-state index in [4.69, 9.17) is 0 Å². The fourth-order valence-electron chi connectivity index (χ4n) is 2.59. The highest BCUT2D eigenvalue weighted by Crippen LogP contribution is 2.33. The molecule has 0 radical (unpaired) electrons. The normalized spacial score (nSPS) is 24.6. The van der Waals surface area contributed by atoms with Crippen LogP contribution in [0.25, 0.3) is 0 Å². The second-order valence-corrected chi connectivity index (χ2v) is 5.73. The molecule has 2 unspecified atom stereocenters. The highest BCUT2D eigenvalue weighted by atomic mass is 79.9. The van der Waals surface area contributed by atoms with Gasteiger partial charge in [0.1, 0.15) is 5.82 Å². The van der Waals surface area contributed by atoms with E-state index in [1.165, 1.54) is 12.5 Å². The lowest BCUT2D eigenvalue weighted by Crippen LogP contribution is -2.22. The Bertz CT molecular complexity index is 430. The van der Waals surface area contributed by atoms with Gasteiger partial charge in [-0.25, -0.2) is 4.39 Å². The second-order valence-electron chi connectivity index (χ2n) is 4.93. The number of carbonyl (C=O) groups is 1. The molecule has 0 amide bonds. The van der Waals surface area contributed by atoms with Crippen molar-refractivity contribution < 1.29 is 9.18 Å². The van der Waals surface area contributed by atoms with Crippen LogP contribution in [0.1, 0.15) is 43.0 Å². The van der Waals surface area contributed by atoms with E-state index in [0.29, 0.717) is 16.0 Å². The first kappa shape index (κ1) is 12.7. The fourth-order valence-corrected chi connectivity index (χ4v) is 3.05. The molecule has 2 rings (SSSR count). The molecule has 0 N–H and O–H groups in total. The van der Waals surface area contributed by atoms with E-state index < -0.39 is 0 Å². The highest BCUT2D eigenvalue weighted by Gasteiger charge is 2.27. The van der Waals surface area contributed by atoms with E-state index in [0.717, 1.165) is 19.3 Å². The third-order valence-corrected chi connectivity index (χ3v) is 4.33. The third kappa shape index (κ3) is 2.76. The topological polar surface area (TPSA) is 17.1 Å². The molecule has 0 aromatic heterocycles. The molecule has 0 aliphatic heterocycles. The lowest BCUT2D eigenvalue weighted by molar-refractivity contribution is 0.0867. The van der Waals surface area contributed by atoms with Crippen molar-refractivity contribution in [2.24, 2.45) is 11.8 Å². The van der Waals surface area contributed by atoms with Crippen molar-refractivity contribution >= 4 is 21.7 Å². The van der Waals surface area contributed by atoms with Gasteiger partial charge >= 0.3 is 0 Å². The summed E-state index contributed by atoms with van der Waals surface area (Å²) in [5, 5.41) is 0. The molecule has 1 aromatic carbocycles. The minimum atomic E-state index is -0.361. The van der Waals surface area contributed by atoms with Gasteiger partial charge in [0.15, 0.2) is 5.78 Å². The molecule has 1 fully saturated rings. The van der Waals surface area contributed by atoms with Crippen molar-refractivity contribution in [3.8, 4) is 0 Å². The van der Waals surface area contributed by atoms with Crippen molar-refractivity contribution in [1.29, 1.82) is 0 Å². The molecule has 1 aromatic rings. The summed E-state index contributed by atoms with van der Waals surface area (Å²) in [7, 11) is 0. The summed E-state index contributed by atoms with van der Waals surface area (Å²) in [6, 6.07) is 4.67. The molecular formula is C14H16BrFO. The van der Waals surface area contributed by atoms with Gasteiger partial charge < -0.3 is 0 Å². The van der Waals surface area contributed by atoms with Gasteiger partial charge in [0, 0.05) is 11.5 Å². The van der Waals surface area contributed by atoms with Gasteiger partial charge in [-0.05, 0) is 40.8 Å². The van der Waals surface area contributed by atoms with Gasteiger partial charge in [-0.2, -0.15) is 0 Å². The Morgan fingerprint density at radius 2 is 2.18 bits per heavy atom. The minimum absolute atomic E-state index is 0.0665. The molecular weight excluding hydrogens is 283 g/mol. The minimum Gasteiger partial charge on any atom is -0.294 e. The van der Waals surface area contributed by atoms with Crippen molar-refractivity contribution in [1.82, 2.24) is 0 Å². The number of benzene rings is 1. The van der Waals surface area contributed by atoms with Crippen LogP contribution >= 0.6 is 15.9 Å². The monoisotopic (exact) mass is 298 g/mol. The summed E-state index contributed by atoms with van der Waals surface area (Å²) in [6.07, 6.45) is 4.17. The zero-order valence-electron chi connectivity index (χ0n) is 9.88. The van der Waals surface area contributed by atoms with Crippen LogP contribution < -0.4 is 0 Å². The lowest BCUT2D eigenvalue weighted by Gasteiger charge is -2.25. The predicted molar refractivity (Wildman–Crippen MR) is 69.6 cm³/mol. The summed E-state index contributed by atoms with van der Waals surface area (Å²) < 4.78 is 13.7. The van der Waals surface area contributed by atoms with E-state index in [2.05, 4.69) is 22.9 Å². The summed E-state index contributed by atoms with van der Waals surface area (Å²) in [4.78, 5) is 12.3. The average molecular weight is 299 g/mol. The number of hydrogen-bond acceptors (Lipinski definition) is 1. The smallest absolute Gasteiger partial charge is 0.167 e. The van der Waals surface area contributed by atoms with E-state index in [-0.39, 0.29) is 17.5 Å². The van der Waals surface area contributed by atoms with Crippen molar-refractivity contribution in [3.63, 3.8) is 0 Å². The summed E-state index contributed by atoms with van der Waals surface area (Å²) in [5.74, 6) is 0.393. The Hall–Kier alpha value is -0.700.